The molecule has 0 amide bonds. The molecule has 280 valence electrons. The van der Waals surface area contributed by atoms with E-state index in [9.17, 15) is 4.79 Å². The Labute approximate surface area is 305 Å². The number of carboxylic acid groups (broad SMARTS) is 1. The number of hydrogen-bond acceptors (Lipinski definition) is 4. The van der Waals surface area contributed by atoms with Crippen LogP contribution in [0.5, 0.6) is 0 Å². The summed E-state index contributed by atoms with van der Waals surface area (Å²) in [5.41, 5.74) is 1.34. The Kier molecular flexibility index (Phi) is 15.6. The minimum Gasteiger partial charge on any atom is -0.481 e. The van der Waals surface area contributed by atoms with Crippen LogP contribution in [0.2, 0.25) is 54.4 Å². The minimum atomic E-state index is -2.08. The van der Waals surface area contributed by atoms with Crippen LogP contribution in [-0.2, 0) is 24.5 Å². The number of aliphatic carboxylic acids is 1. The van der Waals surface area contributed by atoms with Gasteiger partial charge in [-0.2, -0.15) is 0 Å². The molecular weight excluding hydrogens is 657 g/mol. The molecule has 1 N–H and O–H groups in total. The second-order valence-corrected chi connectivity index (χ2v) is 33.4. The van der Waals surface area contributed by atoms with E-state index in [-0.39, 0.29) is 51.7 Å². The van der Waals surface area contributed by atoms with Crippen molar-refractivity contribution in [2.45, 2.75) is 180 Å². The molecular formula is C41H74O5Si3. The average molecular weight is 731 g/mol. The molecule has 1 fully saturated rings. The fourth-order valence-electron chi connectivity index (χ4n) is 5.73. The van der Waals surface area contributed by atoms with Gasteiger partial charge in [0.15, 0.2) is 25.0 Å². The van der Waals surface area contributed by atoms with Gasteiger partial charge >= 0.3 is 5.97 Å². The maximum absolute atomic E-state index is 11.1. The molecule has 49 heavy (non-hydrogen) atoms. The topological polar surface area (TPSA) is 65.0 Å². The summed E-state index contributed by atoms with van der Waals surface area (Å²) >= 11 is 0. The lowest BCUT2D eigenvalue weighted by molar-refractivity contribution is -0.137. The summed E-state index contributed by atoms with van der Waals surface area (Å²) in [5, 5.41) is 9.44. The van der Waals surface area contributed by atoms with Crippen LogP contribution in [0.4, 0.5) is 0 Å². The molecule has 0 bridgehead atoms. The summed E-state index contributed by atoms with van der Waals surface area (Å²) in [6, 6.07) is 10.8. The first kappa shape index (κ1) is 43.9. The van der Waals surface area contributed by atoms with E-state index in [4.69, 9.17) is 18.4 Å². The summed E-state index contributed by atoms with van der Waals surface area (Å²) in [7, 11) is -6.18. The van der Waals surface area contributed by atoms with Crippen LogP contribution in [0.3, 0.4) is 0 Å². The Bertz CT molecular complexity index is 1220. The van der Waals surface area contributed by atoms with Gasteiger partial charge in [0.25, 0.3) is 0 Å². The van der Waals surface area contributed by atoms with Crippen LogP contribution < -0.4 is 0 Å². The number of rotatable bonds is 17. The molecule has 1 aliphatic rings. The quantitative estimate of drug-likeness (QED) is 0.0982. The molecule has 0 unspecified atom stereocenters. The number of hydrogen-bond donors (Lipinski definition) is 1. The number of benzene rings is 1. The van der Waals surface area contributed by atoms with Gasteiger partial charge in [-0.1, -0.05) is 117 Å². The largest absolute Gasteiger partial charge is 0.481 e. The van der Waals surface area contributed by atoms with Gasteiger partial charge in [0.1, 0.15) is 0 Å². The average Bonchev–Trinajstić information content (AvgIpc) is 3.24. The molecule has 0 radical (unpaired) electrons. The van der Waals surface area contributed by atoms with Crippen LogP contribution in [-0.4, -0.2) is 54.3 Å². The molecule has 0 saturated heterocycles. The van der Waals surface area contributed by atoms with Crippen LogP contribution in [0.25, 0.3) is 0 Å². The van der Waals surface area contributed by atoms with E-state index in [1.165, 1.54) is 5.56 Å². The van der Waals surface area contributed by atoms with Gasteiger partial charge in [0.2, 0.25) is 0 Å². The molecule has 0 aliphatic heterocycles. The van der Waals surface area contributed by atoms with Crippen LogP contribution >= 0.6 is 0 Å². The first-order chi connectivity index (χ1) is 22.3. The number of carboxylic acids is 1. The van der Waals surface area contributed by atoms with Crippen molar-refractivity contribution < 1.29 is 23.2 Å². The van der Waals surface area contributed by atoms with Gasteiger partial charge in [-0.15, -0.1) is 0 Å². The van der Waals surface area contributed by atoms with Gasteiger partial charge in [0, 0.05) is 12.3 Å². The first-order valence-electron chi connectivity index (χ1n) is 18.9. The lowest BCUT2D eigenvalue weighted by Gasteiger charge is -2.40. The molecule has 2 rings (SSSR count). The zero-order chi connectivity index (χ0) is 37.5. The molecule has 8 heteroatoms. The highest BCUT2D eigenvalue weighted by Crippen LogP contribution is 2.48. The van der Waals surface area contributed by atoms with Crippen molar-refractivity contribution >= 4 is 30.9 Å². The Balaban J connectivity index is 2.58. The molecule has 0 heterocycles. The highest BCUT2D eigenvalue weighted by molar-refractivity contribution is 6.75. The zero-order valence-electron chi connectivity index (χ0n) is 34.1. The third-order valence-electron chi connectivity index (χ3n) is 12.1. The van der Waals surface area contributed by atoms with Crippen LogP contribution in [0.1, 0.15) is 106 Å². The lowest BCUT2D eigenvalue weighted by Crippen LogP contribution is -2.45. The summed E-state index contributed by atoms with van der Waals surface area (Å²) in [6.07, 6.45) is 14.8. The van der Waals surface area contributed by atoms with Crippen molar-refractivity contribution in [1.82, 2.24) is 0 Å². The van der Waals surface area contributed by atoms with Crippen molar-refractivity contribution in [3.05, 3.63) is 60.2 Å². The van der Waals surface area contributed by atoms with Gasteiger partial charge in [0.05, 0.1) is 18.3 Å². The molecule has 1 aromatic carbocycles. The third-order valence-corrected chi connectivity index (χ3v) is 25.6. The Morgan fingerprint density at radius 3 is 1.86 bits per heavy atom. The Morgan fingerprint density at radius 1 is 0.816 bits per heavy atom. The zero-order valence-corrected chi connectivity index (χ0v) is 37.1. The molecule has 1 aliphatic carbocycles. The molecule has 5 atom stereocenters. The second-order valence-electron chi connectivity index (χ2n) is 19.1. The fraction of sp³-hybridized carbons (Fsp3) is 0.732. The minimum absolute atomic E-state index is 0.0159. The van der Waals surface area contributed by atoms with Crippen molar-refractivity contribution in [3.8, 4) is 0 Å². The van der Waals surface area contributed by atoms with Crippen molar-refractivity contribution in [1.29, 1.82) is 0 Å². The Hall–Kier alpha value is -1.30. The highest BCUT2D eigenvalue weighted by Gasteiger charge is 2.50. The van der Waals surface area contributed by atoms with Crippen molar-refractivity contribution in [2.75, 3.05) is 0 Å². The number of aryl methyl sites for hydroxylation is 1. The van der Waals surface area contributed by atoms with E-state index in [0.29, 0.717) is 6.42 Å². The summed E-state index contributed by atoms with van der Waals surface area (Å²) in [4.78, 5) is 11.1. The maximum Gasteiger partial charge on any atom is 0.303 e. The second kappa shape index (κ2) is 17.5. The number of allylic oxidation sites excluding steroid dienone is 2. The van der Waals surface area contributed by atoms with E-state index in [1.807, 2.05) is 0 Å². The summed E-state index contributed by atoms with van der Waals surface area (Å²) < 4.78 is 21.8. The van der Waals surface area contributed by atoms with Crippen molar-refractivity contribution in [3.63, 3.8) is 0 Å². The highest BCUT2D eigenvalue weighted by atomic mass is 28.4. The van der Waals surface area contributed by atoms with E-state index in [0.717, 1.165) is 32.1 Å². The van der Waals surface area contributed by atoms with Gasteiger partial charge in [-0.3, -0.25) is 4.79 Å². The molecule has 5 nitrogen and oxygen atoms in total. The summed E-state index contributed by atoms with van der Waals surface area (Å²) in [6.45, 7) is 35.1. The molecule has 0 aromatic heterocycles. The molecule has 1 saturated carbocycles. The van der Waals surface area contributed by atoms with Crippen molar-refractivity contribution in [2.24, 2.45) is 11.8 Å². The fourth-order valence-corrected chi connectivity index (χ4v) is 9.78. The Morgan fingerprint density at radius 2 is 1.35 bits per heavy atom. The predicted octanol–water partition coefficient (Wildman–Crippen LogP) is 12.2. The normalized spacial score (nSPS) is 22.3. The van der Waals surface area contributed by atoms with E-state index >= 15 is 0 Å². The number of unbranched alkanes of at least 4 members (excludes halogenated alkanes) is 1. The van der Waals surface area contributed by atoms with E-state index < -0.39 is 30.9 Å². The monoisotopic (exact) mass is 730 g/mol. The predicted molar refractivity (Wildman–Crippen MR) is 217 cm³/mol. The van der Waals surface area contributed by atoms with Crippen LogP contribution in [0.15, 0.2) is 54.6 Å². The molecule has 0 spiro atoms. The first-order valence-corrected chi connectivity index (χ1v) is 27.6. The van der Waals surface area contributed by atoms with Gasteiger partial charge in [-0.05, 0) is 104 Å². The molecule has 1 aromatic rings. The van der Waals surface area contributed by atoms with Crippen LogP contribution in [0, 0.1) is 11.8 Å². The maximum atomic E-state index is 11.1. The smallest absolute Gasteiger partial charge is 0.303 e. The van der Waals surface area contributed by atoms with Gasteiger partial charge in [-0.25, -0.2) is 0 Å². The number of carbonyl (C=O) groups is 1. The van der Waals surface area contributed by atoms with E-state index in [2.05, 4.69) is 156 Å². The third kappa shape index (κ3) is 13.3. The standard InChI is InChI=1S/C41H74O5Si3/c1-39(2,3)47(10,11)44-33(28-27-32-23-19-18-20-24-32)29-30-35-34(25-21-16-17-22-26-38(42)43)36(45-48(12,13)40(4,5)6)31-37(35)46-49(14,15)41(7,8)9/h16,18-21,23-24,29-30,33-37H,17,22,25-28,31H2,1-15H3,(H,42,43)/b21-16+,30-29+/t33-,34+,35+,36-,37+/m0/s1. The van der Waals surface area contributed by atoms with E-state index in [1.54, 1.807) is 0 Å². The SMILES string of the molecule is CC(C)(C)[Si](C)(C)O[C@H](/C=C/[C@@H]1[C@@H](C/C=C/CCCC(=O)O)[C@@H](O[Si](C)(C)C(C)(C)C)C[C@H]1O[Si](C)(C)C(C)(C)C)CCc1ccccc1. The lowest BCUT2D eigenvalue weighted by atomic mass is 9.89. The summed E-state index contributed by atoms with van der Waals surface area (Å²) in [5.74, 6) is -0.280. The van der Waals surface area contributed by atoms with Gasteiger partial charge < -0.3 is 18.4 Å².